The van der Waals surface area contributed by atoms with Gasteiger partial charge in [0.1, 0.15) is 0 Å². The third kappa shape index (κ3) is 3.75. The minimum absolute atomic E-state index is 0.0455. The molecule has 2 aromatic carbocycles. The molecular formula is C19H17F2NO5S. The Morgan fingerprint density at radius 1 is 1.14 bits per heavy atom. The molecule has 0 aromatic heterocycles. The van der Waals surface area contributed by atoms with E-state index >= 15 is 0 Å². The van der Waals surface area contributed by atoms with E-state index in [-0.39, 0.29) is 17.5 Å². The fourth-order valence-electron chi connectivity index (χ4n) is 3.11. The molecule has 0 N–H and O–H groups in total. The lowest BCUT2D eigenvalue weighted by Crippen LogP contribution is -2.38. The first-order valence-electron chi connectivity index (χ1n) is 8.41. The fourth-order valence-corrected chi connectivity index (χ4v) is 3.83. The van der Waals surface area contributed by atoms with E-state index in [1.54, 1.807) is 4.90 Å². The summed E-state index contributed by atoms with van der Waals surface area (Å²) in [7, 11) is -4.74. The number of halogens is 2. The predicted molar refractivity (Wildman–Crippen MR) is 97.0 cm³/mol. The van der Waals surface area contributed by atoms with Crippen LogP contribution in [0.4, 0.5) is 14.5 Å². The summed E-state index contributed by atoms with van der Waals surface area (Å²) in [5, 5.41) is 0. The van der Waals surface area contributed by atoms with Crippen molar-refractivity contribution in [2.75, 3.05) is 11.5 Å². The number of rotatable bonds is 5. The molecular weight excluding hydrogens is 392 g/mol. The highest BCUT2D eigenvalue weighted by molar-refractivity contribution is 7.91. The normalized spacial score (nSPS) is 16.1. The molecule has 1 heterocycles. The summed E-state index contributed by atoms with van der Waals surface area (Å²) in [6.45, 7) is 1.40. The molecule has 2 aromatic rings. The van der Waals surface area contributed by atoms with E-state index in [4.69, 9.17) is 4.74 Å². The van der Waals surface area contributed by atoms with Crippen molar-refractivity contribution in [1.82, 2.24) is 0 Å². The molecule has 0 aliphatic carbocycles. The number of anilines is 1. The molecule has 0 saturated carbocycles. The highest BCUT2D eigenvalue weighted by Gasteiger charge is 2.31. The number of alkyl halides is 2. The molecule has 6 nitrogen and oxygen atoms in total. The number of para-hydroxylation sites is 1. The molecule has 28 heavy (non-hydrogen) atoms. The molecule has 1 amide bonds. The van der Waals surface area contributed by atoms with E-state index in [1.165, 1.54) is 0 Å². The van der Waals surface area contributed by atoms with Gasteiger partial charge in [0.15, 0.2) is 6.61 Å². The van der Waals surface area contributed by atoms with E-state index in [0.717, 1.165) is 35.5 Å². The zero-order chi connectivity index (χ0) is 20.5. The lowest BCUT2D eigenvalue weighted by atomic mass is 10.1. The summed E-state index contributed by atoms with van der Waals surface area (Å²) in [4.78, 5) is 25.6. The maximum absolute atomic E-state index is 12.5. The van der Waals surface area contributed by atoms with Crippen molar-refractivity contribution in [3.05, 3.63) is 59.7 Å². The lowest BCUT2D eigenvalue weighted by molar-refractivity contribution is -0.122. The average molecular weight is 409 g/mol. The van der Waals surface area contributed by atoms with Gasteiger partial charge in [0, 0.05) is 11.7 Å². The van der Waals surface area contributed by atoms with Crippen LogP contribution in [0.15, 0.2) is 53.4 Å². The second kappa shape index (κ2) is 7.67. The largest absolute Gasteiger partial charge is 0.452 e. The van der Waals surface area contributed by atoms with Gasteiger partial charge in [-0.2, -0.15) is 8.78 Å². The zero-order valence-electron chi connectivity index (χ0n) is 14.8. The molecule has 1 atom stereocenters. The Morgan fingerprint density at radius 3 is 2.43 bits per heavy atom. The number of fused-ring (bicyclic) bond motifs is 1. The highest BCUT2D eigenvalue weighted by atomic mass is 32.2. The SMILES string of the molecule is C[C@@H]1Cc2ccccc2N1C(=O)COC(=O)c1ccc(S(=O)(=O)C(F)F)cc1. The Labute approximate surface area is 160 Å². The van der Waals surface area contributed by atoms with Crippen LogP contribution in [0, 0.1) is 0 Å². The molecule has 1 aliphatic rings. The fraction of sp³-hybridized carbons (Fsp3) is 0.263. The average Bonchev–Trinajstić information content (AvgIpc) is 3.01. The van der Waals surface area contributed by atoms with Crippen LogP contribution in [0.5, 0.6) is 0 Å². The Balaban J connectivity index is 1.65. The third-order valence-corrected chi connectivity index (χ3v) is 5.85. The van der Waals surface area contributed by atoms with Gasteiger partial charge in [-0.25, -0.2) is 13.2 Å². The molecule has 0 fully saturated rings. The number of carbonyl (C=O) groups is 2. The Morgan fingerprint density at radius 2 is 1.79 bits per heavy atom. The van der Waals surface area contributed by atoms with Crippen molar-refractivity contribution in [3.63, 3.8) is 0 Å². The maximum atomic E-state index is 12.5. The van der Waals surface area contributed by atoms with E-state index < -0.39 is 33.1 Å². The first-order chi connectivity index (χ1) is 13.2. The Hall–Kier alpha value is -2.81. The molecule has 1 aliphatic heterocycles. The van der Waals surface area contributed by atoms with Gasteiger partial charge in [-0.05, 0) is 49.2 Å². The zero-order valence-corrected chi connectivity index (χ0v) is 15.7. The smallest absolute Gasteiger partial charge is 0.341 e. The van der Waals surface area contributed by atoms with Crippen molar-refractivity contribution in [2.45, 2.75) is 30.0 Å². The van der Waals surface area contributed by atoms with Gasteiger partial charge in [0.25, 0.3) is 5.91 Å². The molecule has 3 rings (SSSR count). The highest BCUT2D eigenvalue weighted by Crippen LogP contribution is 2.31. The van der Waals surface area contributed by atoms with E-state index in [1.807, 2.05) is 31.2 Å². The summed E-state index contributed by atoms with van der Waals surface area (Å²) >= 11 is 0. The number of nitrogens with zero attached hydrogens (tertiary/aromatic N) is 1. The van der Waals surface area contributed by atoms with E-state index in [2.05, 4.69) is 0 Å². The van der Waals surface area contributed by atoms with Gasteiger partial charge in [-0.3, -0.25) is 4.79 Å². The van der Waals surface area contributed by atoms with Crippen LogP contribution in [-0.2, 0) is 25.8 Å². The van der Waals surface area contributed by atoms with Gasteiger partial charge < -0.3 is 9.64 Å². The first-order valence-corrected chi connectivity index (χ1v) is 9.95. The number of hydrogen-bond acceptors (Lipinski definition) is 5. The summed E-state index contributed by atoms with van der Waals surface area (Å²) in [6, 6.07) is 11.3. The molecule has 0 saturated heterocycles. The molecule has 9 heteroatoms. The molecule has 0 unspecified atom stereocenters. The minimum atomic E-state index is -4.74. The first kappa shape index (κ1) is 19.9. The predicted octanol–water partition coefficient (Wildman–Crippen LogP) is 2.82. The van der Waals surface area contributed by atoms with E-state index in [0.29, 0.717) is 6.42 Å². The van der Waals surface area contributed by atoms with Crippen LogP contribution < -0.4 is 4.90 Å². The van der Waals surface area contributed by atoms with Gasteiger partial charge in [-0.1, -0.05) is 18.2 Å². The van der Waals surface area contributed by atoms with E-state index in [9.17, 15) is 26.8 Å². The van der Waals surface area contributed by atoms with Crippen molar-refractivity contribution in [1.29, 1.82) is 0 Å². The number of ether oxygens (including phenoxy) is 1. The van der Waals surface area contributed by atoms with Gasteiger partial charge in [0.05, 0.1) is 10.5 Å². The van der Waals surface area contributed by atoms with Crippen molar-refractivity contribution in [2.24, 2.45) is 0 Å². The Bertz CT molecular complexity index is 1010. The number of carbonyl (C=O) groups excluding carboxylic acids is 2. The standard InChI is InChI=1S/C19H17F2NO5S/c1-12-10-14-4-2-3-5-16(14)22(12)17(23)11-27-18(24)13-6-8-15(9-7-13)28(25,26)19(20)21/h2-9,12,19H,10-11H2,1H3/t12-/m1/s1. The van der Waals surface area contributed by atoms with Crippen LogP contribution in [0.3, 0.4) is 0 Å². The minimum Gasteiger partial charge on any atom is -0.452 e. The number of hydrogen-bond donors (Lipinski definition) is 0. The maximum Gasteiger partial charge on any atom is 0.341 e. The van der Waals surface area contributed by atoms with Crippen LogP contribution in [0.25, 0.3) is 0 Å². The summed E-state index contributed by atoms with van der Waals surface area (Å²) < 4.78 is 52.9. The monoisotopic (exact) mass is 409 g/mol. The number of benzene rings is 2. The molecule has 148 valence electrons. The van der Waals surface area contributed by atoms with Crippen molar-refractivity contribution < 1.29 is 31.5 Å². The van der Waals surface area contributed by atoms with Crippen LogP contribution >= 0.6 is 0 Å². The number of amides is 1. The summed E-state index contributed by atoms with van der Waals surface area (Å²) in [5.41, 5.74) is 1.76. The number of sulfone groups is 1. The Kier molecular flexibility index (Phi) is 5.46. The van der Waals surface area contributed by atoms with Gasteiger partial charge in [0.2, 0.25) is 9.84 Å². The second-order valence-corrected chi connectivity index (χ2v) is 8.27. The number of esters is 1. The lowest BCUT2D eigenvalue weighted by Gasteiger charge is -2.22. The van der Waals surface area contributed by atoms with Crippen molar-refractivity contribution >= 4 is 27.4 Å². The topological polar surface area (TPSA) is 80.8 Å². The van der Waals surface area contributed by atoms with Crippen LogP contribution in [-0.4, -0.2) is 38.7 Å². The molecule has 0 radical (unpaired) electrons. The molecule has 0 bridgehead atoms. The van der Waals surface area contributed by atoms with Gasteiger partial charge >= 0.3 is 11.7 Å². The second-order valence-electron chi connectivity index (χ2n) is 6.35. The summed E-state index contributed by atoms with van der Waals surface area (Å²) in [6.07, 6.45) is 0.704. The van der Waals surface area contributed by atoms with Crippen LogP contribution in [0.2, 0.25) is 0 Å². The third-order valence-electron chi connectivity index (χ3n) is 4.46. The quantitative estimate of drug-likeness (QED) is 0.710. The van der Waals surface area contributed by atoms with Crippen LogP contribution in [0.1, 0.15) is 22.8 Å². The summed E-state index contributed by atoms with van der Waals surface area (Å²) in [5.74, 6) is -4.79. The van der Waals surface area contributed by atoms with Gasteiger partial charge in [-0.15, -0.1) is 0 Å². The molecule has 0 spiro atoms. The van der Waals surface area contributed by atoms with Crippen molar-refractivity contribution in [3.8, 4) is 0 Å².